The smallest absolute Gasteiger partial charge is 0.118 e. The first kappa shape index (κ1) is 9.91. The van der Waals surface area contributed by atoms with E-state index in [2.05, 4.69) is 36.0 Å². The van der Waals surface area contributed by atoms with Crippen molar-refractivity contribution in [1.82, 2.24) is 0 Å². The maximum Gasteiger partial charge on any atom is 0.118 e. The van der Waals surface area contributed by atoms with Crippen molar-refractivity contribution < 1.29 is 4.74 Å². The molecule has 1 fully saturated rings. The second-order valence-corrected chi connectivity index (χ2v) is 5.10. The molecule has 0 amide bonds. The third-order valence-corrected chi connectivity index (χ3v) is 4.04. The highest BCUT2D eigenvalue weighted by molar-refractivity contribution is 8.00. The maximum absolute atomic E-state index is 5.13. The zero-order valence-corrected chi connectivity index (χ0v) is 9.35. The van der Waals surface area contributed by atoms with Crippen LogP contribution in [0, 0.1) is 0 Å². The summed E-state index contributed by atoms with van der Waals surface area (Å²) in [7, 11) is 1.71. The summed E-state index contributed by atoms with van der Waals surface area (Å²) in [6, 6.07) is 8.46. The van der Waals surface area contributed by atoms with Crippen LogP contribution in [-0.2, 0) is 6.42 Å². The number of thioether (sulfide) groups is 1. The molecule has 0 N–H and O–H groups in total. The van der Waals surface area contributed by atoms with Gasteiger partial charge in [0.2, 0.25) is 0 Å². The lowest BCUT2D eigenvalue weighted by atomic mass is 10.1. The van der Waals surface area contributed by atoms with E-state index in [0.29, 0.717) is 0 Å². The lowest BCUT2D eigenvalue weighted by Crippen LogP contribution is -2.01. The Labute approximate surface area is 89.9 Å². The second-order valence-electron chi connectivity index (χ2n) is 3.69. The normalized spacial score (nSPS) is 21.1. The lowest BCUT2D eigenvalue weighted by Gasteiger charge is -2.08. The van der Waals surface area contributed by atoms with E-state index < -0.39 is 0 Å². The van der Waals surface area contributed by atoms with Gasteiger partial charge in [0, 0.05) is 5.25 Å². The van der Waals surface area contributed by atoms with Crippen LogP contribution >= 0.6 is 11.8 Å². The molecular weight excluding hydrogens is 192 g/mol. The second kappa shape index (κ2) is 4.74. The summed E-state index contributed by atoms with van der Waals surface area (Å²) in [6.07, 6.45) is 4.00. The maximum atomic E-state index is 5.13. The van der Waals surface area contributed by atoms with E-state index in [1.54, 1.807) is 7.11 Å². The zero-order chi connectivity index (χ0) is 9.80. The highest BCUT2D eigenvalue weighted by Crippen LogP contribution is 2.29. The molecule has 76 valence electrons. The molecule has 1 aromatic rings. The molecule has 1 unspecified atom stereocenters. The molecule has 2 rings (SSSR count). The van der Waals surface area contributed by atoms with Crippen molar-refractivity contribution in [2.75, 3.05) is 12.9 Å². The van der Waals surface area contributed by atoms with E-state index in [4.69, 9.17) is 4.74 Å². The molecule has 2 heteroatoms. The van der Waals surface area contributed by atoms with Gasteiger partial charge in [-0.1, -0.05) is 12.1 Å². The van der Waals surface area contributed by atoms with Gasteiger partial charge in [-0.3, -0.25) is 0 Å². The van der Waals surface area contributed by atoms with Gasteiger partial charge in [-0.25, -0.2) is 0 Å². The topological polar surface area (TPSA) is 9.23 Å². The Hall–Kier alpha value is -0.630. The van der Waals surface area contributed by atoms with Crippen LogP contribution in [0.2, 0.25) is 0 Å². The molecule has 0 bridgehead atoms. The van der Waals surface area contributed by atoms with Crippen molar-refractivity contribution in [3.63, 3.8) is 0 Å². The molecule has 0 radical (unpaired) electrons. The third kappa shape index (κ3) is 2.44. The number of rotatable bonds is 3. The Balaban J connectivity index is 1.95. The fraction of sp³-hybridized carbons (Fsp3) is 0.500. The molecule has 1 saturated heterocycles. The van der Waals surface area contributed by atoms with E-state index >= 15 is 0 Å². The molecule has 1 atom stereocenters. The van der Waals surface area contributed by atoms with Gasteiger partial charge in [0.25, 0.3) is 0 Å². The summed E-state index contributed by atoms with van der Waals surface area (Å²) in [5, 5.41) is 0.850. The van der Waals surface area contributed by atoms with Gasteiger partial charge in [-0.05, 0) is 42.7 Å². The SMILES string of the molecule is COc1ccc(CC2CCCS2)cc1. The van der Waals surface area contributed by atoms with Gasteiger partial charge in [-0.15, -0.1) is 0 Å². The van der Waals surface area contributed by atoms with E-state index in [-0.39, 0.29) is 0 Å². The molecule has 0 aliphatic carbocycles. The summed E-state index contributed by atoms with van der Waals surface area (Å²) in [4.78, 5) is 0. The van der Waals surface area contributed by atoms with E-state index in [0.717, 1.165) is 11.0 Å². The van der Waals surface area contributed by atoms with E-state index in [9.17, 15) is 0 Å². The third-order valence-electron chi connectivity index (χ3n) is 2.65. The van der Waals surface area contributed by atoms with Crippen LogP contribution in [-0.4, -0.2) is 18.1 Å². The van der Waals surface area contributed by atoms with Crippen molar-refractivity contribution in [3.8, 4) is 5.75 Å². The number of methoxy groups -OCH3 is 1. The first-order chi connectivity index (χ1) is 6.88. The Morgan fingerprint density at radius 3 is 2.71 bits per heavy atom. The van der Waals surface area contributed by atoms with Crippen molar-refractivity contribution >= 4 is 11.8 Å². The number of hydrogen-bond acceptors (Lipinski definition) is 2. The molecule has 1 heterocycles. The van der Waals surface area contributed by atoms with Crippen LogP contribution in [0.15, 0.2) is 24.3 Å². The molecule has 0 spiro atoms. The number of ether oxygens (including phenoxy) is 1. The van der Waals surface area contributed by atoms with Gasteiger partial charge in [0.05, 0.1) is 7.11 Å². The summed E-state index contributed by atoms with van der Waals surface area (Å²) in [5.41, 5.74) is 1.44. The van der Waals surface area contributed by atoms with Crippen molar-refractivity contribution in [2.45, 2.75) is 24.5 Å². The summed E-state index contributed by atoms with van der Waals surface area (Å²) < 4.78 is 5.13. The van der Waals surface area contributed by atoms with Gasteiger partial charge in [0.15, 0.2) is 0 Å². The van der Waals surface area contributed by atoms with Gasteiger partial charge in [-0.2, -0.15) is 11.8 Å². The molecule has 1 aliphatic heterocycles. The molecule has 0 aromatic heterocycles. The van der Waals surface area contributed by atoms with Gasteiger partial charge >= 0.3 is 0 Å². The minimum absolute atomic E-state index is 0.850. The van der Waals surface area contributed by atoms with Crippen molar-refractivity contribution in [2.24, 2.45) is 0 Å². The van der Waals surface area contributed by atoms with Crippen LogP contribution in [0.3, 0.4) is 0 Å². The Kier molecular flexibility index (Phi) is 3.35. The van der Waals surface area contributed by atoms with Crippen LogP contribution in [0.1, 0.15) is 18.4 Å². The van der Waals surface area contributed by atoms with Crippen LogP contribution in [0.5, 0.6) is 5.75 Å². The summed E-state index contributed by atoms with van der Waals surface area (Å²) in [6.45, 7) is 0. The fourth-order valence-electron chi connectivity index (χ4n) is 1.83. The van der Waals surface area contributed by atoms with Crippen LogP contribution in [0.4, 0.5) is 0 Å². The predicted molar refractivity (Wildman–Crippen MR) is 62.2 cm³/mol. The minimum atomic E-state index is 0.850. The standard InChI is InChI=1S/C12H16OS/c1-13-11-6-4-10(5-7-11)9-12-3-2-8-14-12/h4-7,12H,2-3,8-9H2,1H3. The number of benzene rings is 1. The van der Waals surface area contributed by atoms with Crippen molar-refractivity contribution in [1.29, 1.82) is 0 Å². The first-order valence-electron chi connectivity index (χ1n) is 5.13. The quantitative estimate of drug-likeness (QED) is 0.754. The predicted octanol–water partition coefficient (Wildman–Crippen LogP) is 3.13. The fourth-order valence-corrected chi connectivity index (χ4v) is 3.14. The van der Waals surface area contributed by atoms with E-state index in [1.807, 2.05) is 0 Å². The number of hydrogen-bond donors (Lipinski definition) is 0. The largest absolute Gasteiger partial charge is 0.497 e. The van der Waals surface area contributed by atoms with Crippen molar-refractivity contribution in [3.05, 3.63) is 29.8 Å². The van der Waals surface area contributed by atoms with E-state index in [1.165, 1.54) is 30.6 Å². The Morgan fingerprint density at radius 1 is 1.36 bits per heavy atom. The molecule has 0 saturated carbocycles. The van der Waals surface area contributed by atoms with Gasteiger partial charge < -0.3 is 4.74 Å². The first-order valence-corrected chi connectivity index (χ1v) is 6.18. The molecule has 14 heavy (non-hydrogen) atoms. The monoisotopic (exact) mass is 208 g/mol. The molecule has 1 aliphatic rings. The zero-order valence-electron chi connectivity index (χ0n) is 8.53. The Bertz CT molecular complexity index is 275. The van der Waals surface area contributed by atoms with Gasteiger partial charge in [0.1, 0.15) is 5.75 Å². The molecular formula is C12H16OS. The highest BCUT2D eigenvalue weighted by Gasteiger charge is 2.15. The average Bonchev–Trinajstić information content (AvgIpc) is 2.72. The van der Waals surface area contributed by atoms with Crippen LogP contribution in [0.25, 0.3) is 0 Å². The summed E-state index contributed by atoms with van der Waals surface area (Å²) in [5.74, 6) is 2.30. The minimum Gasteiger partial charge on any atom is -0.497 e. The summed E-state index contributed by atoms with van der Waals surface area (Å²) >= 11 is 2.12. The molecule has 1 nitrogen and oxygen atoms in total. The molecule has 1 aromatic carbocycles. The lowest BCUT2D eigenvalue weighted by molar-refractivity contribution is 0.414. The average molecular weight is 208 g/mol. The highest BCUT2D eigenvalue weighted by atomic mass is 32.2. The van der Waals surface area contributed by atoms with Crippen LogP contribution < -0.4 is 4.74 Å². The Morgan fingerprint density at radius 2 is 2.14 bits per heavy atom.